The molecule has 24 heavy (non-hydrogen) atoms. The number of rotatable bonds is 4. The van der Waals surface area contributed by atoms with Crippen LogP contribution in [-0.4, -0.2) is 17.1 Å². The van der Waals surface area contributed by atoms with Crippen molar-refractivity contribution in [2.75, 3.05) is 12.4 Å². The second-order valence-electron chi connectivity index (χ2n) is 4.96. The van der Waals surface area contributed by atoms with E-state index >= 15 is 0 Å². The molecule has 0 spiro atoms. The average Bonchev–Trinajstić information content (AvgIpc) is 2.57. The highest BCUT2D eigenvalue weighted by atomic mass is 79.9. The number of benzene rings is 2. The van der Waals surface area contributed by atoms with Crippen LogP contribution in [0.25, 0.3) is 11.3 Å². The summed E-state index contributed by atoms with van der Waals surface area (Å²) < 4.78 is 18.8. The van der Waals surface area contributed by atoms with Crippen molar-refractivity contribution in [3.63, 3.8) is 0 Å². The molecule has 122 valence electrons. The molecule has 2 aromatic carbocycles. The van der Waals surface area contributed by atoms with Gasteiger partial charge in [0, 0.05) is 16.1 Å². The van der Waals surface area contributed by atoms with E-state index < -0.39 is 0 Å². The summed E-state index contributed by atoms with van der Waals surface area (Å²) in [6, 6.07) is 12.8. The van der Waals surface area contributed by atoms with E-state index in [4.69, 9.17) is 4.74 Å². The van der Waals surface area contributed by atoms with E-state index in [1.165, 1.54) is 18.2 Å². The third kappa shape index (κ3) is 3.62. The Balaban J connectivity index is 1.95. The van der Waals surface area contributed by atoms with Gasteiger partial charge in [-0.15, -0.1) is 0 Å². The molecular formula is C17H13BrFN3O2. The van der Waals surface area contributed by atoms with E-state index in [1.807, 2.05) is 12.1 Å². The van der Waals surface area contributed by atoms with E-state index in [0.717, 1.165) is 11.3 Å². The number of aromatic amines is 1. The van der Waals surface area contributed by atoms with Crippen molar-refractivity contribution in [3.8, 4) is 17.0 Å². The smallest absolute Gasteiger partial charge is 0.252 e. The van der Waals surface area contributed by atoms with Crippen LogP contribution in [0.15, 0.2) is 57.8 Å². The van der Waals surface area contributed by atoms with Gasteiger partial charge in [0.2, 0.25) is 5.95 Å². The third-order valence-corrected chi connectivity index (χ3v) is 3.97. The van der Waals surface area contributed by atoms with Crippen LogP contribution in [-0.2, 0) is 0 Å². The van der Waals surface area contributed by atoms with Crippen LogP contribution >= 0.6 is 15.9 Å². The van der Waals surface area contributed by atoms with E-state index in [0.29, 0.717) is 15.9 Å². The first kappa shape index (κ1) is 16.2. The lowest BCUT2D eigenvalue weighted by molar-refractivity contribution is 0.415. The average molecular weight is 390 g/mol. The summed E-state index contributed by atoms with van der Waals surface area (Å²) in [5.41, 5.74) is 1.59. The molecule has 0 aliphatic heterocycles. The third-order valence-electron chi connectivity index (χ3n) is 3.31. The highest BCUT2D eigenvalue weighted by Crippen LogP contribution is 2.26. The molecule has 0 saturated carbocycles. The number of halogens is 2. The Morgan fingerprint density at radius 3 is 2.58 bits per heavy atom. The van der Waals surface area contributed by atoms with Crippen LogP contribution < -0.4 is 15.6 Å². The number of hydrogen-bond donors (Lipinski definition) is 2. The predicted octanol–water partition coefficient (Wildman–Crippen LogP) is 4.09. The van der Waals surface area contributed by atoms with Crippen LogP contribution in [0.4, 0.5) is 16.0 Å². The summed E-state index contributed by atoms with van der Waals surface area (Å²) in [6.07, 6.45) is 0. The first-order chi connectivity index (χ1) is 11.5. The van der Waals surface area contributed by atoms with E-state index in [2.05, 4.69) is 31.2 Å². The molecule has 3 rings (SSSR count). The molecule has 0 unspecified atom stereocenters. The maximum absolute atomic E-state index is 13.2. The summed E-state index contributed by atoms with van der Waals surface area (Å²) in [5, 5.41) is 2.97. The number of hydrogen-bond acceptors (Lipinski definition) is 4. The highest BCUT2D eigenvalue weighted by Gasteiger charge is 2.07. The Labute approximate surface area is 145 Å². The van der Waals surface area contributed by atoms with Gasteiger partial charge in [0.1, 0.15) is 11.6 Å². The van der Waals surface area contributed by atoms with Crippen LogP contribution in [0.5, 0.6) is 5.75 Å². The highest BCUT2D eigenvalue weighted by molar-refractivity contribution is 9.10. The molecule has 0 bridgehead atoms. The molecule has 0 fully saturated rings. The number of H-pyrrole nitrogens is 1. The monoisotopic (exact) mass is 389 g/mol. The Hall–Kier alpha value is -2.67. The Morgan fingerprint density at radius 1 is 1.17 bits per heavy atom. The molecule has 0 saturated heterocycles. The lowest BCUT2D eigenvalue weighted by Crippen LogP contribution is -2.10. The maximum Gasteiger partial charge on any atom is 0.252 e. The van der Waals surface area contributed by atoms with E-state index in [-0.39, 0.29) is 17.3 Å². The fourth-order valence-electron chi connectivity index (χ4n) is 2.14. The minimum Gasteiger partial charge on any atom is -0.497 e. The summed E-state index contributed by atoms with van der Waals surface area (Å²) in [4.78, 5) is 18.9. The molecule has 7 heteroatoms. The van der Waals surface area contributed by atoms with Gasteiger partial charge >= 0.3 is 0 Å². The predicted molar refractivity (Wildman–Crippen MR) is 94.2 cm³/mol. The minimum atomic E-state index is -0.360. The summed E-state index contributed by atoms with van der Waals surface area (Å²) in [6.45, 7) is 0. The van der Waals surface area contributed by atoms with Crippen molar-refractivity contribution < 1.29 is 9.13 Å². The van der Waals surface area contributed by atoms with Gasteiger partial charge in [0.15, 0.2) is 0 Å². The molecule has 2 N–H and O–H groups in total. The molecule has 3 aromatic rings. The van der Waals surface area contributed by atoms with Crippen molar-refractivity contribution in [3.05, 3.63) is 69.2 Å². The molecule has 1 heterocycles. The van der Waals surface area contributed by atoms with Crippen LogP contribution in [0, 0.1) is 5.82 Å². The van der Waals surface area contributed by atoms with Gasteiger partial charge in [-0.3, -0.25) is 9.78 Å². The Kier molecular flexibility index (Phi) is 4.61. The van der Waals surface area contributed by atoms with Gasteiger partial charge in [-0.05, 0) is 58.4 Å². The van der Waals surface area contributed by atoms with Crippen LogP contribution in [0.3, 0.4) is 0 Å². The SMILES string of the molecule is COc1ccc(-c2cc(=O)[nH]c(Nc3ccc(F)cc3Br)n2)cc1. The number of anilines is 2. The molecule has 0 atom stereocenters. The van der Waals surface area contributed by atoms with Crippen molar-refractivity contribution in [2.45, 2.75) is 0 Å². The standard InChI is InChI=1S/C17H13BrFN3O2/c1-24-12-5-2-10(3-6-12)15-9-16(23)22-17(21-15)20-14-7-4-11(19)8-13(14)18/h2-9H,1H3,(H2,20,21,22,23). The zero-order valence-corrected chi connectivity index (χ0v) is 14.2. The van der Waals surface area contributed by atoms with Gasteiger partial charge < -0.3 is 10.1 Å². The zero-order valence-electron chi connectivity index (χ0n) is 12.6. The molecule has 5 nitrogen and oxygen atoms in total. The fourth-order valence-corrected chi connectivity index (χ4v) is 2.59. The second-order valence-corrected chi connectivity index (χ2v) is 5.81. The van der Waals surface area contributed by atoms with E-state index in [9.17, 15) is 9.18 Å². The molecule has 0 radical (unpaired) electrons. The largest absolute Gasteiger partial charge is 0.497 e. The normalized spacial score (nSPS) is 10.5. The molecule has 0 amide bonds. The number of nitrogens with one attached hydrogen (secondary N) is 2. The van der Waals surface area contributed by atoms with Crippen LogP contribution in [0.1, 0.15) is 0 Å². The molecule has 1 aromatic heterocycles. The Morgan fingerprint density at radius 2 is 1.92 bits per heavy atom. The van der Waals surface area contributed by atoms with Crippen molar-refractivity contribution >= 4 is 27.6 Å². The number of nitrogens with zero attached hydrogens (tertiary/aromatic N) is 1. The molecule has 0 aliphatic carbocycles. The van der Waals surface area contributed by atoms with Crippen molar-refractivity contribution in [1.82, 2.24) is 9.97 Å². The van der Waals surface area contributed by atoms with Crippen LogP contribution in [0.2, 0.25) is 0 Å². The van der Waals surface area contributed by atoms with Gasteiger partial charge in [0.25, 0.3) is 5.56 Å². The van der Waals surface area contributed by atoms with Gasteiger partial charge in [0.05, 0.1) is 18.5 Å². The van der Waals surface area contributed by atoms with Gasteiger partial charge in [-0.2, -0.15) is 0 Å². The van der Waals surface area contributed by atoms with E-state index in [1.54, 1.807) is 25.3 Å². The number of methoxy groups -OCH3 is 1. The van der Waals surface area contributed by atoms with Gasteiger partial charge in [-0.25, -0.2) is 9.37 Å². The lowest BCUT2D eigenvalue weighted by Gasteiger charge is -2.09. The summed E-state index contributed by atoms with van der Waals surface area (Å²) in [7, 11) is 1.59. The zero-order chi connectivity index (χ0) is 17.1. The first-order valence-corrected chi connectivity index (χ1v) is 7.82. The van der Waals surface area contributed by atoms with Crippen molar-refractivity contribution in [1.29, 1.82) is 0 Å². The molecule has 0 aliphatic rings. The van der Waals surface area contributed by atoms with Gasteiger partial charge in [-0.1, -0.05) is 0 Å². The maximum atomic E-state index is 13.2. The number of ether oxygens (including phenoxy) is 1. The summed E-state index contributed by atoms with van der Waals surface area (Å²) >= 11 is 3.27. The number of aromatic nitrogens is 2. The van der Waals surface area contributed by atoms with Crippen molar-refractivity contribution in [2.24, 2.45) is 0 Å². The first-order valence-electron chi connectivity index (χ1n) is 7.03. The topological polar surface area (TPSA) is 67.0 Å². The minimum absolute atomic E-state index is 0.264. The quantitative estimate of drug-likeness (QED) is 0.704. The second kappa shape index (κ2) is 6.84. The lowest BCUT2D eigenvalue weighted by atomic mass is 10.1. The Bertz CT molecular complexity index is 926. The summed E-state index contributed by atoms with van der Waals surface area (Å²) in [5.74, 6) is 0.624. The molecular weight excluding hydrogens is 377 g/mol. The fraction of sp³-hybridized carbons (Fsp3) is 0.0588.